The van der Waals surface area contributed by atoms with Crippen LogP contribution in [0.4, 0.5) is 0 Å². The summed E-state index contributed by atoms with van der Waals surface area (Å²) in [4.78, 5) is 27.0. The highest BCUT2D eigenvalue weighted by Gasteiger charge is 2.21. The minimum absolute atomic E-state index is 0.213. The maximum Gasteiger partial charge on any atom is 0.326 e. The van der Waals surface area contributed by atoms with Crippen molar-refractivity contribution in [2.75, 3.05) is 0 Å². The van der Waals surface area contributed by atoms with Gasteiger partial charge in [-0.1, -0.05) is 55.8 Å². The highest BCUT2D eigenvalue weighted by Crippen LogP contribution is 2.19. The lowest BCUT2D eigenvalue weighted by atomic mass is 10.0. The maximum absolute atomic E-state index is 12.3. The van der Waals surface area contributed by atoms with Gasteiger partial charge in [-0.05, 0) is 41.7 Å². The number of unbranched alkanes of at least 4 members (excludes halogenated alkanes) is 1. The Hall–Kier alpha value is -3.34. The van der Waals surface area contributed by atoms with Crippen molar-refractivity contribution in [1.82, 2.24) is 10.3 Å². The number of carbonyl (C=O) groups excluding carboxylic acids is 1. The fourth-order valence-corrected chi connectivity index (χ4v) is 3.29. The number of aromatic nitrogens is 1. The third kappa shape index (κ3) is 5.57. The molecule has 0 aliphatic rings. The largest absolute Gasteiger partial charge is 0.480 e. The van der Waals surface area contributed by atoms with Crippen LogP contribution in [0.5, 0.6) is 0 Å². The molecule has 1 atom stereocenters. The third-order valence-electron chi connectivity index (χ3n) is 4.94. The quantitative estimate of drug-likeness (QED) is 0.476. The average molecular weight is 390 g/mol. The molecule has 0 spiro atoms. The van der Waals surface area contributed by atoms with E-state index < -0.39 is 17.9 Å². The second-order valence-corrected chi connectivity index (χ2v) is 7.14. The van der Waals surface area contributed by atoms with E-state index in [9.17, 15) is 14.7 Å². The van der Waals surface area contributed by atoms with Crippen molar-refractivity contribution < 1.29 is 14.7 Å². The molecule has 3 rings (SSSR count). The van der Waals surface area contributed by atoms with Gasteiger partial charge in [-0.25, -0.2) is 4.79 Å². The summed E-state index contributed by atoms with van der Waals surface area (Å²) in [6.45, 7) is 2.17. The van der Waals surface area contributed by atoms with Crippen LogP contribution in [-0.2, 0) is 22.4 Å². The highest BCUT2D eigenvalue weighted by atomic mass is 16.4. The van der Waals surface area contributed by atoms with Crippen molar-refractivity contribution in [3.05, 3.63) is 77.5 Å². The van der Waals surface area contributed by atoms with E-state index in [0.717, 1.165) is 41.3 Å². The third-order valence-corrected chi connectivity index (χ3v) is 4.94. The van der Waals surface area contributed by atoms with Gasteiger partial charge in [0.1, 0.15) is 6.04 Å². The van der Waals surface area contributed by atoms with Crippen LogP contribution in [-0.4, -0.2) is 28.0 Å². The summed E-state index contributed by atoms with van der Waals surface area (Å²) in [5.41, 5.74) is 3.99. The standard InChI is InChI=1S/C24H26N2O3/c1-2-3-6-17-9-11-18(12-10-17)13-14-23(27)26-22(24(28)29)15-19-16-25-21-8-5-4-7-20(19)21/h4-5,7-14,16,22,25H,2-3,6,15H2,1H3,(H,26,27)(H,28,29)/b14-13+/t22-/m0/s1. The number of fused-ring (bicyclic) bond motifs is 1. The molecule has 0 radical (unpaired) electrons. The van der Waals surface area contributed by atoms with Crippen LogP contribution in [0.3, 0.4) is 0 Å². The molecular weight excluding hydrogens is 364 g/mol. The molecule has 1 aromatic heterocycles. The summed E-state index contributed by atoms with van der Waals surface area (Å²) in [6, 6.07) is 14.8. The number of H-pyrrole nitrogens is 1. The number of aryl methyl sites for hydroxylation is 1. The van der Waals surface area contributed by atoms with Crippen LogP contribution in [0, 0.1) is 0 Å². The van der Waals surface area contributed by atoms with Crippen LogP contribution in [0.2, 0.25) is 0 Å². The van der Waals surface area contributed by atoms with E-state index in [4.69, 9.17) is 0 Å². The molecule has 29 heavy (non-hydrogen) atoms. The molecule has 0 unspecified atom stereocenters. The molecule has 5 heteroatoms. The van der Waals surface area contributed by atoms with E-state index in [1.165, 1.54) is 11.6 Å². The maximum atomic E-state index is 12.3. The molecule has 2 aromatic carbocycles. The zero-order valence-electron chi connectivity index (χ0n) is 16.5. The Morgan fingerprint density at radius 3 is 2.62 bits per heavy atom. The Bertz CT molecular complexity index is 1000. The molecular formula is C24H26N2O3. The second kappa shape index (κ2) is 9.73. The Morgan fingerprint density at radius 1 is 1.14 bits per heavy atom. The number of hydrogen-bond donors (Lipinski definition) is 3. The molecule has 3 aromatic rings. The normalized spacial score (nSPS) is 12.3. The summed E-state index contributed by atoms with van der Waals surface area (Å²) in [5.74, 6) is -1.48. The Labute approximate surface area is 170 Å². The van der Waals surface area contributed by atoms with Gasteiger partial charge in [0.25, 0.3) is 0 Å². The summed E-state index contributed by atoms with van der Waals surface area (Å²) in [5, 5.41) is 13.1. The van der Waals surface area contributed by atoms with Gasteiger partial charge in [0.15, 0.2) is 0 Å². The zero-order valence-corrected chi connectivity index (χ0v) is 16.5. The molecule has 0 aliphatic heterocycles. The number of nitrogens with one attached hydrogen (secondary N) is 2. The van der Waals surface area contributed by atoms with Gasteiger partial charge in [-0.3, -0.25) is 4.79 Å². The van der Waals surface area contributed by atoms with Crippen LogP contribution >= 0.6 is 0 Å². The summed E-state index contributed by atoms with van der Waals surface area (Å²) in [7, 11) is 0. The molecule has 0 saturated carbocycles. The van der Waals surface area contributed by atoms with Crippen molar-refractivity contribution >= 4 is 28.9 Å². The predicted molar refractivity (Wildman–Crippen MR) is 116 cm³/mol. The molecule has 0 fully saturated rings. The number of carbonyl (C=O) groups is 2. The van der Waals surface area contributed by atoms with Gasteiger partial charge in [0.2, 0.25) is 5.91 Å². The summed E-state index contributed by atoms with van der Waals surface area (Å²) in [6.07, 6.45) is 8.45. The lowest BCUT2D eigenvalue weighted by Gasteiger charge is -2.13. The average Bonchev–Trinajstić information content (AvgIpc) is 3.14. The lowest BCUT2D eigenvalue weighted by Crippen LogP contribution is -2.41. The topological polar surface area (TPSA) is 82.2 Å². The van der Waals surface area contributed by atoms with Crippen LogP contribution in [0.15, 0.2) is 60.8 Å². The van der Waals surface area contributed by atoms with Crippen molar-refractivity contribution in [3.63, 3.8) is 0 Å². The fraction of sp³-hybridized carbons (Fsp3) is 0.250. The van der Waals surface area contributed by atoms with E-state index in [1.54, 1.807) is 12.3 Å². The predicted octanol–water partition coefficient (Wildman–Crippen LogP) is 4.34. The van der Waals surface area contributed by atoms with E-state index >= 15 is 0 Å². The molecule has 3 N–H and O–H groups in total. The second-order valence-electron chi connectivity index (χ2n) is 7.14. The van der Waals surface area contributed by atoms with Gasteiger partial charge in [-0.2, -0.15) is 0 Å². The molecule has 150 valence electrons. The smallest absolute Gasteiger partial charge is 0.326 e. The summed E-state index contributed by atoms with van der Waals surface area (Å²) >= 11 is 0. The number of aromatic amines is 1. The number of rotatable bonds is 9. The first-order valence-corrected chi connectivity index (χ1v) is 9.92. The molecule has 5 nitrogen and oxygen atoms in total. The number of para-hydroxylation sites is 1. The van der Waals surface area contributed by atoms with Gasteiger partial charge < -0.3 is 15.4 Å². The Balaban J connectivity index is 1.62. The van der Waals surface area contributed by atoms with E-state index in [2.05, 4.69) is 29.4 Å². The molecule has 1 amide bonds. The van der Waals surface area contributed by atoms with Crippen molar-refractivity contribution in [2.24, 2.45) is 0 Å². The zero-order chi connectivity index (χ0) is 20.6. The van der Waals surface area contributed by atoms with Crippen molar-refractivity contribution in [2.45, 2.75) is 38.6 Å². The van der Waals surface area contributed by atoms with Gasteiger partial charge in [0, 0.05) is 29.6 Å². The van der Waals surface area contributed by atoms with Crippen LogP contribution in [0.1, 0.15) is 36.5 Å². The van der Waals surface area contributed by atoms with E-state index in [-0.39, 0.29) is 6.42 Å². The number of aliphatic carboxylic acids is 1. The molecule has 0 aliphatic carbocycles. The SMILES string of the molecule is CCCCc1ccc(/C=C/C(=O)N[C@@H](Cc2c[nH]c3ccccc23)C(=O)O)cc1. The first-order valence-electron chi connectivity index (χ1n) is 9.92. The van der Waals surface area contributed by atoms with E-state index in [1.807, 2.05) is 36.4 Å². The highest BCUT2D eigenvalue weighted by molar-refractivity contribution is 5.94. The van der Waals surface area contributed by atoms with Gasteiger partial charge in [0.05, 0.1) is 0 Å². The minimum atomic E-state index is -1.06. The fourth-order valence-electron chi connectivity index (χ4n) is 3.29. The monoisotopic (exact) mass is 390 g/mol. The number of carboxylic acids is 1. The lowest BCUT2D eigenvalue weighted by molar-refractivity contribution is -0.141. The Morgan fingerprint density at radius 2 is 1.90 bits per heavy atom. The number of carboxylic acid groups (broad SMARTS) is 1. The molecule has 1 heterocycles. The number of hydrogen-bond acceptors (Lipinski definition) is 2. The van der Waals surface area contributed by atoms with Crippen molar-refractivity contribution in [1.29, 1.82) is 0 Å². The number of benzene rings is 2. The first kappa shape index (κ1) is 20.4. The van der Waals surface area contributed by atoms with Crippen molar-refractivity contribution in [3.8, 4) is 0 Å². The number of amides is 1. The molecule has 0 bridgehead atoms. The van der Waals surface area contributed by atoms with Crippen LogP contribution in [0.25, 0.3) is 17.0 Å². The minimum Gasteiger partial charge on any atom is -0.480 e. The Kier molecular flexibility index (Phi) is 6.85. The first-order chi connectivity index (χ1) is 14.1. The van der Waals surface area contributed by atoms with Gasteiger partial charge in [-0.15, -0.1) is 0 Å². The van der Waals surface area contributed by atoms with Crippen LogP contribution < -0.4 is 5.32 Å². The van der Waals surface area contributed by atoms with E-state index in [0.29, 0.717) is 0 Å². The summed E-state index contributed by atoms with van der Waals surface area (Å²) < 4.78 is 0. The van der Waals surface area contributed by atoms with Gasteiger partial charge >= 0.3 is 5.97 Å². The molecule has 0 saturated heterocycles.